The molecule has 2 heterocycles. The predicted octanol–water partition coefficient (Wildman–Crippen LogP) is 3.03. The lowest BCUT2D eigenvalue weighted by Gasteiger charge is -2.27. The Bertz CT molecular complexity index is 537. The number of rotatable bonds is 1. The first-order chi connectivity index (χ1) is 8.24. The maximum atomic E-state index is 13.1. The van der Waals surface area contributed by atoms with Crippen molar-refractivity contribution in [3.8, 4) is 0 Å². The maximum absolute atomic E-state index is 13.1. The minimum Gasteiger partial charge on any atom is -0.439 e. The van der Waals surface area contributed by atoms with Crippen LogP contribution in [0.25, 0.3) is 11.1 Å². The van der Waals surface area contributed by atoms with E-state index in [1.165, 1.54) is 25.0 Å². The maximum Gasteiger partial charge on any atom is 0.212 e. The van der Waals surface area contributed by atoms with E-state index in [0.29, 0.717) is 22.9 Å². The highest BCUT2D eigenvalue weighted by atomic mass is 19.1. The third-order valence-electron chi connectivity index (χ3n) is 3.40. The van der Waals surface area contributed by atoms with E-state index in [1.807, 2.05) is 0 Å². The van der Waals surface area contributed by atoms with Gasteiger partial charge in [0.2, 0.25) is 5.89 Å². The molecule has 1 saturated heterocycles. The molecule has 0 aliphatic carbocycles. The summed E-state index contributed by atoms with van der Waals surface area (Å²) in [6.45, 7) is 3.17. The van der Waals surface area contributed by atoms with E-state index in [4.69, 9.17) is 4.42 Å². The van der Waals surface area contributed by atoms with Crippen molar-refractivity contribution in [1.82, 2.24) is 10.3 Å². The molecule has 0 spiro atoms. The number of hydrogen-bond donors (Lipinski definition) is 1. The van der Waals surface area contributed by atoms with Gasteiger partial charge in [0.1, 0.15) is 11.3 Å². The van der Waals surface area contributed by atoms with Gasteiger partial charge in [-0.25, -0.2) is 9.37 Å². The van der Waals surface area contributed by atoms with Crippen molar-refractivity contribution >= 4 is 11.1 Å². The van der Waals surface area contributed by atoms with Gasteiger partial charge in [-0.05, 0) is 37.4 Å². The normalized spacial score (nSPS) is 25.3. The number of nitrogens with one attached hydrogen (secondary N) is 1. The fourth-order valence-corrected chi connectivity index (χ4v) is 2.43. The van der Waals surface area contributed by atoms with Crippen LogP contribution in [0.3, 0.4) is 0 Å². The van der Waals surface area contributed by atoms with Crippen molar-refractivity contribution in [2.45, 2.75) is 25.8 Å². The number of hydrogen-bond acceptors (Lipinski definition) is 3. The molecule has 0 saturated carbocycles. The highest BCUT2D eigenvalue weighted by Gasteiger charge is 2.26. The third-order valence-corrected chi connectivity index (χ3v) is 3.40. The Labute approximate surface area is 99.0 Å². The number of halogens is 1. The fraction of sp³-hybridized carbons (Fsp3) is 0.462. The molecule has 2 atom stereocenters. The average molecular weight is 234 g/mol. The highest BCUT2D eigenvalue weighted by Crippen LogP contribution is 2.30. The van der Waals surface area contributed by atoms with Gasteiger partial charge < -0.3 is 9.73 Å². The lowest BCUT2D eigenvalue weighted by atomic mass is 9.93. The van der Waals surface area contributed by atoms with E-state index >= 15 is 0 Å². The molecule has 1 aromatic heterocycles. The first-order valence-electron chi connectivity index (χ1n) is 6.03. The third kappa shape index (κ3) is 1.93. The number of piperidine rings is 1. The van der Waals surface area contributed by atoms with Crippen molar-refractivity contribution < 1.29 is 8.81 Å². The Morgan fingerprint density at radius 3 is 3.18 bits per heavy atom. The van der Waals surface area contributed by atoms with Crippen LogP contribution in [0.4, 0.5) is 4.39 Å². The zero-order valence-corrected chi connectivity index (χ0v) is 9.74. The minimum atomic E-state index is -0.276. The summed E-state index contributed by atoms with van der Waals surface area (Å²) in [6.07, 6.45) is 2.36. The summed E-state index contributed by atoms with van der Waals surface area (Å²) in [6, 6.07) is 4.60. The summed E-state index contributed by atoms with van der Waals surface area (Å²) in [5, 5.41) is 3.41. The average Bonchev–Trinajstić information content (AvgIpc) is 2.72. The lowest BCUT2D eigenvalue weighted by Crippen LogP contribution is -2.32. The van der Waals surface area contributed by atoms with Crippen LogP contribution in [0.1, 0.15) is 31.7 Å². The molecule has 1 N–H and O–H groups in total. The zero-order chi connectivity index (χ0) is 11.8. The van der Waals surface area contributed by atoms with Gasteiger partial charge in [0, 0.05) is 6.07 Å². The van der Waals surface area contributed by atoms with Gasteiger partial charge in [-0.2, -0.15) is 0 Å². The van der Waals surface area contributed by atoms with Gasteiger partial charge in [0.15, 0.2) is 5.58 Å². The van der Waals surface area contributed by atoms with E-state index < -0.39 is 0 Å². The van der Waals surface area contributed by atoms with Crippen LogP contribution >= 0.6 is 0 Å². The molecular formula is C13H15FN2O. The molecule has 0 bridgehead atoms. The number of fused-ring (bicyclic) bond motifs is 1. The predicted molar refractivity (Wildman–Crippen MR) is 63.1 cm³/mol. The monoisotopic (exact) mass is 234 g/mol. The van der Waals surface area contributed by atoms with Crippen LogP contribution in [0, 0.1) is 11.7 Å². The smallest absolute Gasteiger partial charge is 0.212 e. The van der Waals surface area contributed by atoms with Gasteiger partial charge in [0.25, 0.3) is 0 Å². The summed E-state index contributed by atoms with van der Waals surface area (Å²) < 4.78 is 18.8. The molecule has 17 heavy (non-hydrogen) atoms. The first kappa shape index (κ1) is 10.7. The first-order valence-corrected chi connectivity index (χ1v) is 6.03. The molecule has 0 radical (unpaired) electrons. The number of aromatic nitrogens is 1. The van der Waals surface area contributed by atoms with Crippen LogP contribution in [0.5, 0.6) is 0 Å². The van der Waals surface area contributed by atoms with Gasteiger partial charge in [-0.15, -0.1) is 0 Å². The largest absolute Gasteiger partial charge is 0.439 e. The Balaban J connectivity index is 1.99. The molecule has 4 heteroatoms. The van der Waals surface area contributed by atoms with E-state index in [0.717, 1.165) is 6.54 Å². The summed E-state index contributed by atoms with van der Waals surface area (Å²) in [5.41, 5.74) is 1.25. The summed E-state index contributed by atoms with van der Waals surface area (Å²) in [5.74, 6) is 0.904. The van der Waals surface area contributed by atoms with Crippen molar-refractivity contribution in [3.63, 3.8) is 0 Å². The second-order valence-corrected chi connectivity index (χ2v) is 4.72. The molecule has 3 nitrogen and oxygen atoms in total. The van der Waals surface area contributed by atoms with Crippen molar-refractivity contribution in [2.24, 2.45) is 5.92 Å². The topological polar surface area (TPSA) is 38.1 Å². The Morgan fingerprint density at radius 2 is 2.35 bits per heavy atom. The van der Waals surface area contributed by atoms with Crippen LogP contribution in [0.2, 0.25) is 0 Å². The molecule has 1 aliphatic rings. The summed E-state index contributed by atoms with van der Waals surface area (Å²) in [7, 11) is 0. The van der Waals surface area contributed by atoms with E-state index in [9.17, 15) is 4.39 Å². The zero-order valence-electron chi connectivity index (χ0n) is 9.74. The second kappa shape index (κ2) is 4.11. The number of oxazole rings is 1. The SMILES string of the molecule is CC1CCCNC1c1nc2cc(F)ccc2o1. The van der Waals surface area contributed by atoms with E-state index in [1.54, 1.807) is 6.07 Å². The van der Waals surface area contributed by atoms with Crippen LogP contribution < -0.4 is 5.32 Å². The molecule has 1 aliphatic heterocycles. The van der Waals surface area contributed by atoms with Crippen LogP contribution in [-0.4, -0.2) is 11.5 Å². The molecule has 2 unspecified atom stereocenters. The van der Waals surface area contributed by atoms with E-state index in [2.05, 4.69) is 17.2 Å². The molecule has 1 aromatic carbocycles. The molecule has 3 rings (SSSR count). The summed E-state index contributed by atoms with van der Waals surface area (Å²) in [4.78, 5) is 4.38. The van der Waals surface area contributed by atoms with Crippen LogP contribution in [-0.2, 0) is 0 Å². The second-order valence-electron chi connectivity index (χ2n) is 4.72. The Morgan fingerprint density at radius 1 is 1.47 bits per heavy atom. The molecule has 0 amide bonds. The standard InChI is InChI=1S/C13H15FN2O/c1-8-3-2-6-15-12(8)13-16-10-7-9(14)4-5-11(10)17-13/h4-5,7-8,12,15H,2-3,6H2,1H3. The van der Waals surface area contributed by atoms with E-state index in [-0.39, 0.29) is 11.9 Å². The molecule has 2 aromatic rings. The van der Waals surface area contributed by atoms with Gasteiger partial charge in [-0.1, -0.05) is 6.92 Å². The number of benzene rings is 1. The Kier molecular flexibility index (Phi) is 2.59. The highest BCUT2D eigenvalue weighted by molar-refractivity contribution is 5.72. The molecule has 1 fully saturated rings. The van der Waals surface area contributed by atoms with Crippen molar-refractivity contribution in [3.05, 3.63) is 29.9 Å². The fourth-order valence-electron chi connectivity index (χ4n) is 2.43. The summed E-state index contributed by atoms with van der Waals surface area (Å²) >= 11 is 0. The number of nitrogens with zero attached hydrogens (tertiary/aromatic N) is 1. The molecule has 90 valence electrons. The Hall–Kier alpha value is -1.42. The quantitative estimate of drug-likeness (QED) is 0.824. The lowest BCUT2D eigenvalue weighted by molar-refractivity contribution is 0.264. The molecular weight excluding hydrogens is 219 g/mol. The van der Waals surface area contributed by atoms with Gasteiger partial charge in [0.05, 0.1) is 6.04 Å². The van der Waals surface area contributed by atoms with Crippen molar-refractivity contribution in [2.75, 3.05) is 6.54 Å². The van der Waals surface area contributed by atoms with Crippen LogP contribution in [0.15, 0.2) is 22.6 Å². The van der Waals surface area contributed by atoms with Gasteiger partial charge >= 0.3 is 0 Å². The van der Waals surface area contributed by atoms with Crippen molar-refractivity contribution in [1.29, 1.82) is 0 Å². The minimum absolute atomic E-state index is 0.152. The van der Waals surface area contributed by atoms with Gasteiger partial charge in [-0.3, -0.25) is 0 Å².